The molecule has 0 bridgehead atoms. The zero-order chi connectivity index (χ0) is 15.2. The normalized spacial score (nSPS) is 12.5. The Morgan fingerprint density at radius 3 is 2.50 bits per heavy atom. The number of methoxy groups -OCH3 is 1. The predicted octanol–water partition coefficient (Wildman–Crippen LogP) is 2.10. The minimum absolute atomic E-state index is 0.360. The van der Waals surface area contributed by atoms with Crippen LogP contribution in [0, 0.1) is 0 Å². The highest BCUT2D eigenvalue weighted by molar-refractivity contribution is 9.10. The van der Waals surface area contributed by atoms with E-state index in [1.54, 1.807) is 18.6 Å². The third-order valence-electron chi connectivity index (χ3n) is 2.72. The molecule has 0 radical (unpaired) electrons. The van der Waals surface area contributed by atoms with Gasteiger partial charge in [0.25, 0.3) is 10.0 Å². The molecule has 0 aliphatic carbocycles. The van der Waals surface area contributed by atoms with E-state index in [1.807, 2.05) is 19.0 Å². The van der Waals surface area contributed by atoms with Crippen LogP contribution in [-0.2, 0) is 14.8 Å². The molecule has 1 rings (SSSR count). The molecule has 5 nitrogen and oxygen atoms in total. The van der Waals surface area contributed by atoms with Crippen molar-refractivity contribution in [1.29, 1.82) is 0 Å². The lowest BCUT2D eigenvalue weighted by molar-refractivity contribution is 0.177. The van der Waals surface area contributed by atoms with Crippen LogP contribution in [0.3, 0.4) is 0 Å². The molecule has 20 heavy (non-hydrogen) atoms. The van der Waals surface area contributed by atoms with Crippen molar-refractivity contribution in [1.82, 2.24) is 9.21 Å². The molecule has 1 heterocycles. The van der Waals surface area contributed by atoms with E-state index < -0.39 is 10.0 Å². The van der Waals surface area contributed by atoms with Crippen LogP contribution < -0.4 is 0 Å². The number of halogens is 1. The molecule has 0 atom stereocenters. The van der Waals surface area contributed by atoms with Crippen molar-refractivity contribution >= 4 is 37.3 Å². The second kappa shape index (κ2) is 8.45. The van der Waals surface area contributed by atoms with Crippen molar-refractivity contribution in [2.75, 3.05) is 47.4 Å². The van der Waals surface area contributed by atoms with E-state index in [0.29, 0.717) is 28.4 Å². The number of ether oxygens (including phenoxy) is 1. The van der Waals surface area contributed by atoms with Gasteiger partial charge in [-0.2, -0.15) is 4.31 Å². The van der Waals surface area contributed by atoms with E-state index in [4.69, 9.17) is 4.74 Å². The molecule has 116 valence electrons. The summed E-state index contributed by atoms with van der Waals surface area (Å²) >= 11 is 4.53. The Labute approximate surface area is 133 Å². The fourth-order valence-electron chi connectivity index (χ4n) is 1.69. The topological polar surface area (TPSA) is 49.9 Å². The molecule has 1 aromatic rings. The van der Waals surface area contributed by atoms with Gasteiger partial charge >= 0.3 is 0 Å². The molecule has 0 saturated heterocycles. The molecule has 8 heteroatoms. The Balaban J connectivity index is 2.83. The second-order valence-electron chi connectivity index (χ2n) is 4.61. The van der Waals surface area contributed by atoms with Gasteiger partial charge in [0.1, 0.15) is 4.21 Å². The molecule has 1 aromatic heterocycles. The van der Waals surface area contributed by atoms with E-state index in [1.165, 1.54) is 15.6 Å². The highest BCUT2D eigenvalue weighted by Gasteiger charge is 2.27. The summed E-state index contributed by atoms with van der Waals surface area (Å²) < 4.78 is 32.8. The first-order valence-electron chi connectivity index (χ1n) is 6.26. The summed E-state index contributed by atoms with van der Waals surface area (Å²) in [6.07, 6.45) is 0.791. The fraction of sp³-hybridized carbons (Fsp3) is 0.667. The molecule has 0 saturated carbocycles. The molecule has 0 amide bonds. The van der Waals surface area contributed by atoms with E-state index in [0.717, 1.165) is 13.0 Å². The summed E-state index contributed by atoms with van der Waals surface area (Å²) in [5.41, 5.74) is 0. The van der Waals surface area contributed by atoms with Crippen LogP contribution in [0.15, 0.2) is 20.1 Å². The van der Waals surface area contributed by atoms with Gasteiger partial charge in [0.2, 0.25) is 0 Å². The molecule has 0 aliphatic rings. The lowest BCUT2D eigenvalue weighted by Crippen LogP contribution is -2.35. The fourth-order valence-corrected chi connectivity index (χ4v) is 5.60. The summed E-state index contributed by atoms with van der Waals surface area (Å²) in [5.74, 6) is 0. The monoisotopic (exact) mass is 384 g/mol. The number of nitrogens with zero attached hydrogens (tertiary/aromatic N) is 2. The molecular formula is C12H21BrN2O3S2. The zero-order valence-electron chi connectivity index (χ0n) is 12.0. The van der Waals surface area contributed by atoms with E-state index in [-0.39, 0.29) is 0 Å². The highest BCUT2D eigenvalue weighted by Crippen LogP contribution is 2.30. The van der Waals surface area contributed by atoms with Gasteiger partial charge in [0.15, 0.2) is 0 Å². The number of rotatable bonds is 9. The molecule has 0 spiro atoms. The third-order valence-corrected chi connectivity index (χ3v) is 7.26. The number of sulfonamides is 1. The SMILES string of the molecule is COCCN(CCCN(C)C)S(=O)(=O)c1sccc1Br. The molecular weight excluding hydrogens is 364 g/mol. The maximum absolute atomic E-state index is 12.6. The first kappa shape index (κ1) is 18.1. The van der Waals surface area contributed by atoms with E-state index >= 15 is 0 Å². The summed E-state index contributed by atoms with van der Waals surface area (Å²) in [6.45, 7) is 2.11. The van der Waals surface area contributed by atoms with Crippen molar-refractivity contribution in [3.05, 3.63) is 15.9 Å². The number of thiophene rings is 1. The summed E-state index contributed by atoms with van der Waals surface area (Å²) in [5, 5.41) is 1.77. The van der Waals surface area contributed by atoms with Crippen LogP contribution in [0.4, 0.5) is 0 Å². The molecule has 0 N–H and O–H groups in total. The van der Waals surface area contributed by atoms with Crippen molar-refractivity contribution < 1.29 is 13.2 Å². The van der Waals surface area contributed by atoms with Gasteiger partial charge in [-0.1, -0.05) is 0 Å². The molecule has 0 aromatic carbocycles. The van der Waals surface area contributed by atoms with Crippen molar-refractivity contribution in [2.24, 2.45) is 0 Å². The van der Waals surface area contributed by atoms with Gasteiger partial charge in [-0.3, -0.25) is 0 Å². The average Bonchev–Trinajstić information content (AvgIpc) is 2.79. The highest BCUT2D eigenvalue weighted by atomic mass is 79.9. The van der Waals surface area contributed by atoms with Crippen molar-refractivity contribution in [3.8, 4) is 0 Å². The van der Waals surface area contributed by atoms with Crippen molar-refractivity contribution in [3.63, 3.8) is 0 Å². The van der Waals surface area contributed by atoms with Crippen LogP contribution in [0.25, 0.3) is 0 Å². The average molecular weight is 385 g/mol. The van der Waals surface area contributed by atoms with Gasteiger partial charge in [-0.25, -0.2) is 8.42 Å². The Morgan fingerprint density at radius 2 is 2.00 bits per heavy atom. The van der Waals surface area contributed by atoms with Crippen LogP contribution in [-0.4, -0.2) is 65.1 Å². The Hall–Kier alpha value is 0.01000. The number of hydrogen-bond donors (Lipinski definition) is 0. The largest absolute Gasteiger partial charge is 0.383 e. The third kappa shape index (κ3) is 5.09. The van der Waals surface area contributed by atoms with Crippen LogP contribution in [0.1, 0.15) is 6.42 Å². The smallest absolute Gasteiger partial charge is 0.253 e. The molecule has 0 fully saturated rings. The summed E-state index contributed by atoms with van der Waals surface area (Å²) in [7, 11) is 2.08. The van der Waals surface area contributed by atoms with Gasteiger partial charge < -0.3 is 9.64 Å². The standard InChI is InChI=1S/C12H21BrN2O3S2/c1-14(2)6-4-7-15(8-9-18-3)20(16,17)12-11(13)5-10-19-12/h5,10H,4,6-9H2,1-3H3. The van der Waals surface area contributed by atoms with Gasteiger partial charge in [-0.15, -0.1) is 11.3 Å². The van der Waals surface area contributed by atoms with Gasteiger partial charge in [-0.05, 0) is 54.4 Å². The minimum atomic E-state index is -3.45. The van der Waals surface area contributed by atoms with Crippen LogP contribution >= 0.6 is 27.3 Å². The van der Waals surface area contributed by atoms with Gasteiger partial charge in [0.05, 0.1) is 6.61 Å². The summed E-state index contributed by atoms with van der Waals surface area (Å²) in [6, 6.07) is 1.76. The maximum Gasteiger partial charge on any atom is 0.253 e. The second-order valence-corrected chi connectivity index (χ2v) is 8.51. The maximum atomic E-state index is 12.6. The van der Waals surface area contributed by atoms with Crippen LogP contribution in [0.2, 0.25) is 0 Å². The molecule has 0 aliphatic heterocycles. The Kier molecular flexibility index (Phi) is 7.63. The van der Waals surface area contributed by atoms with Crippen molar-refractivity contribution in [2.45, 2.75) is 10.6 Å². The van der Waals surface area contributed by atoms with E-state index in [9.17, 15) is 8.42 Å². The first-order valence-corrected chi connectivity index (χ1v) is 9.37. The minimum Gasteiger partial charge on any atom is -0.383 e. The van der Waals surface area contributed by atoms with Crippen LogP contribution in [0.5, 0.6) is 0 Å². The lowest BCUT2D eigenvalue weighted by Gasteiger charge is -2.22. The van der Waals surface area contributed by atoms with Gasteiger partial charge in [0, 0.05) is 24.7 Å². The zero-order valence-corrected chi connectivity index (χ0v) is 15.2. The Morgan fingerprint density at radius 1 is 1.30 bits per heavy atom. The Bertz CT molecular complexity index is 503. The number of hydrogen-bond acceptors (Lipinski definition) is 5. The predicted molar refractivity (Wildman–Crippen MR) is 85.8 cm³/mol. The quantitative estimate of drug-likeness (QED) is 0.653. The van der Waals surface area contributed by atoms with E-state index in [2.05, 4.69) is 15.9 Å². The lowest BCUT2D eigenvalue weighted by atomic mass is 10.4. The molecule has 0 unspecified atom stereocenters. The summed E-state index contributed by atoms with van der Waals surface area (Å²) in [4.78, 5) is 2.04. The first-order chi connectivity index (χ1) is 9.39.